The number of allylic oxidation sites excluding steroid dienone is 2. The molecule has 1 aliphatic carbocycles. The Labute approximate surface area is 166 Å². The molecule has 0 N–H and O–H groups in total. The van der Waals surface area contributed by atoms with Crippen molar-refractivity contribution in [3.63, 3.8) is 0 Å². The SMILES string of the molecule is CON=C1CC=CC(CC(=O)OC)=C1CON=C(C)c1cccc(C(F)(F)F)c1. The van der Waals surface area contributed by atoms with E-state index in [1.807, 2.05) is 6.08 Å². The molecule has 1 aromatic rings. The molecule has 6 nitrogen and oxygen atoms in total. The Kier molecular flexibility index (Phi) is 7.58. The van der Waals surface area contributed by atoms with E-state index in [1.165, 1.54) is 26.4 Å². The van der Waals surface area contributed by atoms with Gasteiger partial charge in [-0.1, -0.05) is 34.6 Å². The zero-order chi connectivity index (χ0) is 21.4. The predicted molar refractivity (Wildman–Crippen MR) is 101 cm³/mol. The van der Waals surface area contributed by atoms with E-state index < -0.39 is 17.7 Å². The number of hydrogen-bond acceptors (Lipinski definition) is 6. The number of oxime groups is 2. The third-order valence-electron chi connectivity index (χ3n) is 4.15. The fourth-order valence-electron chi connectivity index (χ4n) is 2.66. The van der Waals surface area contributed by atoms with Crippen LogP contribution in [0.1, 0.15) is 30.9 Å². The van der Waals surface area contributed by atoms with Crippen LogP contribution in [0, 0.1) is 0 Å². The molecule has 0 atom stereocenters. The standard InChI is InChI=1S/C20H21F3N2O4/c1-13(14-6-4-8-16(10-14)20(21,22)23)24-29-12-17-15(11-19(26)27-2)7-5-9-18(17)25-28-3/h4-8,10H,9,11-12H2,1-3H3. The number of alkyl halides is 3. The van der Waals surface area contributed by atoms with Crippen LogP contribution in [-0.2, 0) is 25.4 Å². The van der Waals surface area contributed by atoms with Crippen LogP contribution in [0.5, 0.6) is 0 Å². The molecule has 29 heavy (non-hydrogen) atoms. The van der Waals surface area contributed by atoms with Crippen LogP contribution in [-0.4, -0.2) is 38.2 Å². The van der Waals surface area contributed by atoms with Crippen molar-refractivity contribution in [2.24, 2.45) is 10.3 Å². The summed E-state index contributed by atoms with van der Waals surface area (Å²) in [6, 6.07) is 4.82. The zero-order valence-corrected chi connectivity index (χ0v) is 16.2. The first-order valence-corrected chi connectivity index (χ1v) is 8.66. The van der Waals surface area contributed by atoms with Crippen molar-refractivity contribution in [1.82, 2.24) is 0 Å². The van der Waals surface area contributed by atoms with E-state index in [-0.39, 0.29) is 24.3 Å². The van der Waals surface area contributed by atoms with Crippen LogP contribution >= 0.6 is 0 Å². The van der Waals surface area contributed by atoms with Gasteiger partial charge in [0, 0.05) is 12.0 Å². The minimum atomic E-state index is -4.44. The quantitative estimate of drug-likeness (QED) is 0.383. The van der Waals surface area contributed by atoms with Crippen molar-refractivity contribution in [2.75, 3.05) is 20.8 Å². The van der Waals surface area contributed by atoms with E-state index in [9.17, 15) is 18.0 Å². The Hall–Kier alpha value is -3.10. The van der Waals surface area contributed by atoms with Gasteiger partial charge in [0.15, 0.2) is 0 Å². The molecule has 0 fully saturated rings. The van der Waals surface area contributed by atoms with Gasteiger partial charge in [0.1, 0.15) is 13.7 Å². The third-order valence-corrected chi connectivity index (χ3v) is 4.15. The average molecular weight is 410 g/mol. The summed E-state index contributed by atoms with van der Waals surface area (Å²) in [6.45, 7) is 1.51. The van der Waals surface area contributed by atoms with Gasteiger partial charge in [-0.25, -0.2) is 0 Å². The lowest BCUT2D eigenvalue weighted by Gasteiger charge is -2.16. The first kappa shape index (κ1) is 22.2. The lowest BCUT2D eigenvalue weighted by Crippen LogP contribution is -2.16. The average Bonchev–Trinajstić information content (AvgIpc) is 2.69. The molecular formula is C20H21F3N2O4. The number of nitrogens with zero attached hydrogens (tertiary/aromatic N) is 2. The Bertz CT molecular complexity index is 871. The molecule has 2 rings (SSSR count). The fourth-order valence-corrected chi connectivity index (χ4v) is 2.66. The first-order chi connectivity index (χ1) is 13.8. The number of carbonyl (C=O) groups is 1. The zero-order valence-electron chi connectivity index (χ0n) is 16.2. The molecule has 0 heterocycles. The Morgan fingerprint density at radius 1 is 1.24 bits per heavy atom. The molecule has 0 unspecified atom stereocenters. The van der Waals surface area contributed by atoms with Gasteiger partial charge in [0.2, 0.25) is 0 Å². The number of ether oxygens (including phenoxy) is 1. The van der Waals surface area contributed by atoms with Gasteiger partial charge in [-0.2, -0.15) is 13.2 Å². The van der Waals surface area contributed by atoms with E-state index in [0.29, 0.717) is 23.3 Å². The first-order valence-electron chi connectivity index (χ1n) is 8.66. The molecule has 0 aliphatic heterocycles. The highest BCUT2D eigenvalue weighted by Crippen LogP contribution is 2.29. The van der Waals surface area contributed by atoms with Crippen molar-refractivity contribution >= 4 is 17.4 Å². The summed E-state index contributed by atoms with van der Waals surface area (Å²) in [5.41, 5.74) is 1.63. The smallest absolute Gasteiger partial charge is 0.416 e. The summed E-state index contributed by atoms with van der Waals surface area (Å²) in [5.74, 6) is -0.426. The normalized spacial score (nSPS) is 16.2. The molecule has 0 amide bonds. The Morgan fingerprint density at radius 2 is 2.00 bits per heavy atom. The summed E-state index contributed by atoms with van der Waals surface area (Å²) < 4.78 is 43.3. The molecule has 0 saturated heterocycles. The van der Waals surface area contributed by atoms with Crippen molar-refractivity contribution in [1.29, 1.82) is 0 Å². The van der Waals surface area contributed by atoms with Crippen molar-refractivity contribution in [2.45, 2.75) is 25.9 Å². The van der Waals surface area contributed by atoms with E-state index in [0.717, 1.165) is 12.1 Å². The lowest BCUT2D eigenvalue weighted by atomic mass is 9.94. The highest BCUT2D eigenvalue weighted by Gasteiger charge is 2.30. The number of benzene rings is 1. The van der Waals surface area contributed by atoms with Gasteiger partial charge < -0.3 is 14.4 Å². The van der Waals surface area contributed by atoms with Gasteiger partial charge in [0.25, 0.3) is 0 Å². The molecule has 9 heteroatoms. The molecule has 0 bridgehead atoms. The van der Waals surface area contributed by atoms with E-state index in [2.05, 4.69) is 10.3 Å². The van der Waals surface area contributed by atoms with Crippen molar-refractivity contribution in [3.8, 4) is 0 Å². The molecule has 0 aromatic heterocycles. The van der Waals surface area contributed by atoms with Crippen molar-refractivity contribution in [3.05, 3.63) is 58.7 Å². The monoisotopic (exact) mass is 410 g/mol. The summed E-state index contributed by atoms with van der Waals surface area (Å²) in [5, 5.41) is 7.86. The van der Waals surface area contributed by atoms with Crippen LogP contribution in [0.2, 0.25) is 0 Å². The minimum Gasteiger partial charge on any atom is -0.469 e. The molecule has 0 spiro atoms. The van der Waals surface area contributed by atoms with Crippen LogP contribution in [0.25, 0.3) is 0 Å². The minimum absolute atomic E-state index is 0.0186. The topological polar surface area (TPSA) is 69.5 Å². The van der Waals surface area contributed by atoms with Gasteiger partial charge in [0.05, 0.1) is 30.5 Å². The Morgan fingerprint density at radius 3 is 2.66 bits per heavy atom. The maximum absolute atomic E-state index is 12.9. The maximum atomic E-state index is 12.9. The summed E-state index contributed by atoms with van der Waals surface area (Å²) in [6.07, 6.45) is -0.340. The summed E-state index contributed by atoms with van der Waals surface area (Å²) in [7, 11) is 2.69. The molecule has 1 aromatic carbocycles. The number of esters is 1. The van der Waals surface area contributed by atoms with Gasteiger partial charge in [-0.3, -0.25) is 4.79 Å². The van der Waals surface area contributed by atoms with Gasteiger partial charge in [-0.05, 0) is 30.2 Å². The number of halogens is 3. The second kappa shape index (κ2) is 9.90. The van der Waals surface area contributed by atoms with Crippen LogP contribution in [0.3, 0.4) is 0 Å². The fraction of sp³-hybridized carbons (Fsp3) is 0.350. The summed E-state index contributed by atoms with van der Waals surface area (Å²) in [4.78, 5) is 21.9. The number of methoxy groups -OCH3 is 1. The van der Waals surface area contributed by atoms with Crippen LogP contribution in [0.15, 0.2) is 57.9 Å². The van der Waals surface area contributed by atoms with E-state index >= 15 is 0 Å². The third kappa shape index (κ3) is 6.20. The number of carbonyl (C=O) groups excluding carboxylic acids is 1. The highest BCUT2D eigenvalue weighted by atomic mass is 19.4. The molecular weight excluding hydrogens is 389 g/mol. The second-order valence-corrected chi connectivity index (χ2v) is 6.11. The number of hydrogen-bond donors (Lipinski definition) is 0. The Balaban J connectivity index is 2.21. The molecule has 156 valence electrons. The molecule has 1 aliphatic rings. The van der Waals surface area contributed by atoms with Gasteiger partial charge in [-0.15, -0.1) is 0 Å². The maximum Gasteiger partial charge on any atom is 0.416 e. The van der Waals surface area contributed by atoms with Crippen molar-refractivity contribution < 1.29 is 32.4 Å². The second-order valence-electron chi connectivity index (χ2n) is 6.11. The molecule has 0 saturated carbocycles. The number of rotatable bonds is 7. The van der Waals surface area contributed by atoms with E-state index in [4.69, 9.17) is 14.4 Å². The highest BCUT2D eigenvalue weighted by molar-refractivity contribution is 6.04. The molecule has 0 radical (unpaired) electrons. The van der Waals surface area contributed by atoms with Crippen LogP contribution in [0.4, 0.5) is 13.2 Å². The van der Waals surface area contributed by atoms with Crippen LogP contribution < -0.4 is 0 Å². The van der Waals surface area contributed by atoms with Gasteiger partial charge >= 0.3 is 12.1 Å². The summed E-state index contributed by atoms with van der Waals surface area (Å²) >= 11 is 0. The van der Waals surface area contributed by atoms with E-state index in [1.54, 1.807) is 13.0 Å². The lowest BCUT2D eigenvalue weighted by molar-refractivity contribution is -0.140. The largest absolute Gasteiger partial charge is 0.469 e. The predicted octanol–water partition coefficient (Wildman–Crippen LogP) is 4.27.